The number of nitrogens with one attached hydrogen (secondary N) is 2. The van der Waals surface area contributed by atoms with Crippen LogP contribution in [0.2, 0.25) is 0 Å². The third-order valence-corrected chi connectivity index (χ3v) is 5.65. The second-order valence-electron chi connectivity index (χ2n) is 8.40. The van der Waals surface area contributed by atoms with Crippen molar-refractivity contribution >= 4 is 22.6 Å². The predicted octanol–water partition coefficient (Wildman–Crippen LogP) is 4.86. The number of carbonyl (C=O) groups is 1. The molecule has 6 heteroatoms. The molecule has 0 saturated heterocycles. The first kappa shape index (κ1) is 22.6. The minimum absolute atomic E-state index is 0.112. The fourth-order valence-electron chi connectivity index (χ4n) is 3.93. The number of carbonyl (C=O) groups excluding carboxylic acids is 1. The van der Waals surface area contributed by atoms with Crippen molar-refractivity contribution in [2.24, 2.45) is 0 Å². The summed E-state index contributed by atoms with van der Waals surface area (Å²) < 4.78 is 0. The smallest absolute Gasteiger partial charge is 0.322 e. The van der Waals surface area contributed by atoms with Crippen LogP contribution in [0.3, 0.4) is 0 Å². The molecule has 0 aliphatic carbocycles. The zero-order valence-electron chi connectivity index (χ0n) is 18.8. The molecular weight excluding hydrogens is 390 g/mol. The van der Waals surface area contributed by atoms with Crippen LogP contribution in [-0.4, -0.2) is 34.2 Å². The first-order chi connectivity index (χ1) is 14.7. The summed E-state index contributed by atoms with van der Waals surface area (Å²) in [6.45, 7) is 9.88. The van der Waals surface area contributed by atoms with Crippen LogP contribution in [0.25, 0.3) is 10.9 Å². The molecule has 164 valence electrons. The fraction of sp³-hybridized carbons (Fsp3) is 0.360. The Kier molecular flexibility index (Phi) is 6.81. The van der Waals surface area contributed by atoms with Gasteiger partial charge in [0.2, 0.25) is 0 Å². The van der Waals surface area contributed by atoms with Crippen LogP contribution in [0.5, 0.6) is 0 Å². The van der Waals surface area contributed by atoms with Gasteiger partial charge in [-0.2, -0.15) is 0 Å². The van der Waals surface area contributed by atoms with Gasteiger partial charge >= 0.3 is 6.03 Å². The lowest BCUT2D eigenvalue weighted by Gasteiger charge is -2.29. The molecule has 3 aromatic rings. The van der Waals surface area contributed by atoms with Gasteiger partial charge in [0, 0.05) is 17.8 Å². The van der Waals surface area contributed by atoms with Crippen LogP contribution in [0.4, 0.5) is 10.5 Å². The number of hydrogen-bond acceptors (Lipinski definition) is 3. The van der Waals surface area contributed by atoms with Crippen LogP contribution in [0, 0.1) is 13.8 Å². The topological polar surface area (TPSA) is 85.4 Å². The SMILES string of the molecule is Cc1cc(C)c2[nH]c(=O)c(C(C)N(CCO)C(=O)Nc3cccc(C(C)C)c3)cc2c1. The van der Waals surface area contributed by atoms with Gasteiger partial charge in [-0.25, -0.2) is 4.79 Å². The molecule has 0 fully saturated rings. The summed E-state index contributed by atoms with van der Waals surface area (Å²) in [5.41, 5.74) is 4.96. The van der Waals surface area contributed by atoms with E-state index in [1.54, 1.807) is 6.92 Å². The minimum Gasteiger partial charge on any atom is -0.395 e. The Bertz CT molecular complexity index is 1150. The summed E-state index contributed by atoms with van der Waals surface area (Å²) in [5, 5.41) is 13.4. The molecule has 2 aromatic carbocycles. The number of benzene rings is 2. The minimum atomic E-state index is -0.519. The number of aliphatic hydroxyl groups excluding tert-OH is 1. The molecule has 1 atom stereocenters. The van der Waals surface area contributed by atoms with Crippen molar-refractivity contribution in [1.29, 1.82) is 0 Å². The number of aromatic amines is 1. The lowest BCUT2D eigenvalue weighted by Crippen LogP contribution is -2.40. The first-order valence-corrected chi connectivity index (χ1v) is 10.6. The van der Waals surface area contributed by atoms with E-state index in [2.05, 4.69) is 24.1 Å². The Morgan fingerprint density at radius 2 is 1.87 bits per heavy atom. The van der Waals surface area contributed by atoms with E-state index in [1.165, 1.54) is 4.90 Å². The Morgan fingerprint density at radius 1 is 1.13 bits per heavy atom. The quantitative estimate of drug-likeness (QED) is 0.531. The molecular formula is C25H31N3O3. The lowest BCUT2D eigenvalue weighted by atomic mass is 10.0. The van der Waals surface area contributed by atoms with Gasteiger partial charge in [-0.1, -0.05) is 37.6 Å². The number of hydrogen-bond donors (Lipinski definition) is 3. The van der Waals surface area contributed by atoms with E-state index in [1.807, 2.05) is 56.3 Å². The second-order valence-corrected chi connectivity index (χ2v) is 8.40. The predicted molar refractivity (Wildman–Crippen MR) is 126 cm³/mol. The molecule has 1 aromatic heterocycles. The third-order valence-electron chi connectivity index (χ3n) is 5.65. The van der Waals surface area contributed by atoms with Gasteiger partial charge in [-0.3, -0.25) is 4.79 Å². The first-order valence-electron chi connectivity index (χ1n) is 10.6. The Morgan fingerprint density at radius 3 is 2.55 bits per heavy atom. The Balaban J connectivity index is 1.93. The summed E-state index contributed by atoms with van der Waals surface area (Å²) in [6.07, 6.45) is 0. The molecule has 2 amide bonds. The molecule has 31 heavy (non-hydrogen) atoms. The van der Waals surface area contributed by atoms with E-state index >= 15 is 0 Å². The number of H-pyrrole nitrogens is 1. The number of nitrogens with zero attached hydrogens (tertiary/aromatic N) is 1. The van der Waals surface area contributed by atoms with E-state index in [9.17, 15) is 14.7 Å². The van der Waals surface area contributed by atoms with Crippen LogP contribution in [-0.2, 0) is 0 Å². The molecule has 0 aliphatic heterocycles. The molecule has 1 unspecified atom stereocenters. The van der Waals surface area contributed by atoms with Crippen LogP contribution in [0.15, 0.2) is 47.3 Å². The van der Waals surface area contributed by atoms with Crippen molar-refractivity contribution in [3.05, 3.63) is 75.1 Å². The number of rotatable bonds is 6. The highest BCUT2D eigenvalue weighted by molar-refractivity contribution is 5.90. The second kappa shape index (κ2) is 9.35. The summed E-state index contributed by atoms with van der Waals surface area (Å²) >= 11 is 0. The fourth-order valence-corrected chi connectivity index (χ4v) is 3.93. The molecule has 0 saturated carbocycles. The highest BCUT2D eigenvalue weighted by atomic mass is 16.3. The standard InChI is InChI=1S/C25H31N3O3/c1-15(2)19-7-6-8-21(13-19)26-25(31)28(9-10-29)18(5)22-14-20-12-16(3)11-17(4)23(20)27-24(22)30/h6-8,11-15,18,29H,9-10H2,1-5H3,(H,26,31)(H,27,30). The van der Waals surface area contributed by atoms with Crippen LogP contribution >= 0.6 is 0 Å². The zero-order valence-corrected chi connectivity index (χ0v) is 18.8. The maximum Gasteiger partial charge on any atom is 0.322 e. The molecule has 3 N–H and O–H groups in total. The molecule has 0 spiro atoms. The molecule has 6 nitrogen and oxygen atoms in total. The largest absolute Gasteiger partial charge is 0.395 e. The van der Waals surface area contributed by atoms with Crippen molar-refractivity contribution in [3.8, 4) is 0 Å². The summed E-state index contributed by atoms with van der Waals surface area (Å²) in [7, 11) is 0. The van der Waals surface area contributed by atoms with Crippen molar-refractivity contribution in [3.63, 3.8) is 0 Å². The highest BCUT2D eigenvalue weighted by Crippen LogP contribution is 2.24. The van der Waals surface area contributed by atoms with E-state index in [4.69, 9.17) is 0 Å². The molecule has 0 radical (unpaired) electrons. The zero-order chi connectivity index (χ0) is 22.7. The normalized spacial score (nSPS) is 12.2. The Labute approximate surface area is 182 Å². The number of pyridine rings is 1. The summed E-state index contributed by atoms with van der Waals surface area (Å²) in [6, 6.07) is 12.7. The number of urea groups is 1. The van der Waals surface area contributed by atoms with Gasteiger partial charge in [0.05, 0.1) is 18.2 Å². The van der Waals surface area contributed by atoms with Gasteiger partial charge in [0.25, 0.3) is 5.56 Å². The van der Waals surface area contributed by atoms with Crippen molar-refractivity contribution < 1.29 is 9.90 Å². The summed E-state index contributed by atoms with van der Waals surface area (Å²) in [4.78, 5) is 30.4. The van der Waals surface area contributed by atoms with Crippen LogP contribution in [0.1, 0.15) is 55.0 Å². The molecule has 3 rings (SSSR count). The number of aromatic nitrogens is 1. The molecule has 0 aliphatic rings. The number of aryl methyl sites for hydroxylation is 2. The van der Waals surface area contributed by atoms with Crippen molar-refractivity contribution in [2.75, 3.05) is 18.5 Å². The average molecular weight is 422 g/mol. The molecule has 0 bridgehead atoms. The van der Waals surface area contributed by atoms with Gasteiger partial charge in [0.1, 0.15) is 0 Å². The van der Waals surface area contributed by atoms with Crippen molar-refractivity contribution in [2.45, 2.75) is 46.6 Å². The van der Waals surface area contributed by atoms with Gasteiger partial charge in [-0.05, 0) is 67.5 Å². The van der Waals surface area contributed by atoms with E-state index in [0.29, 0.717) is 17.2 Å². The number of fused-ring (bicyclic) bond motifs is 1. The van der Waals surface area contributed by atoms with Gasteiger partial charge in [0.15, 0.2) is 0 Å². The monoisotopic (exact) mass is 421 g/mol. The number of anilines is 1. The van der Waals surface area contributed by atoms with Gasteiger partial charge < -0.3 is 20.3 Å². The molecule has 1 heterocycles. The number of aliphatic hydroxyl groups is 1. The van der Waals surface area contributed by atoms with E-state index in [0.717, 1.165) is 27.6 Å². The van der Waals surface area contributed by atoms with Crippen molar-refractivity contribution in [1.82, 2.24) is 9.88 Å². The highest BCUT2D eigenvalue weighted by Gasteiger charge is 2.24. The number of amides is 2. The Hall–Kier alpha value is -3.12. The maximum absolute atomic E-state index is 13.1. The van der Waals surface area contributed by atoms with E-state index < -0.39 is 6.04 Å². The summed E-state index contributed by atoms with van der Waals surface area (Å²) in [5.74, 6) is 0.340. The van der Waals surface area contributed by atoms with E-state index in [-0.39, 0.29) is 24.7 Å². The third kappa shape index (κ3) is 4.97. The van der Waals surface area contributed by atoms with Crippen LogP contribution < -0.4 is 10.9 Å². The lowest BCUT2D eigenvalue weighted by molar-refractivity contribution is 0.167. The van der Waals surface area contributed by atoms with Gasteiger partial charge in [-0.15, -0.1) is 0 Å². The maximum atomic E-state index is 13.1. The average Bonchev–Trinajstić information content (AvgIpc) is 2.71.